The first-order valence-corrected chi connectivity index (χ1v) is 6.55. The maximum atomic E-state index is 11.8. The van der Waals surface area contributed by atoms with E-state index in [9.17, 15) is 13.2 Å². The average Bonchev–Trinajstić information content (AvgIpc) is 3.00. The Labute approximate surface area is 93.6 Å². The Balaban J connectivity index is 2.16. The van der Waals surface area contributed by atoms with E-state index in [2.05, 4.69) is 10.4 Å². The number of likely N-dealkylation sites (N-methyl/N-ethyl adjacent to an activating group) is 1. The number of hydrogen-bond acceptors (Lipinski definition) is 4. The molecule has 2 rings (SSSR count). The van der Waals surface area contributed by atoms with Gasteiger partial charge in [-0.25, -0.2) is 8.42 Å². The fourth-order valence-corrected chi connectivity index (χ4v) is 2.98. The van der Waals surface area contributed by atoms with Crippen LogP contribution in [-0.4, -0.2) is 36.4 Å². The lowest BCUT2D eigenvalue weighted by Crippen LogP contribution is -2.23. The summed E-state index contributed by atoms with van der Waals surface area (Å²) >= 11 is 0. The third-order valence-electron chi connectivity index (χ3n) is 2.49. The normalized spacial score (nSPS) is 16.1. The van der Waals surface area contributed by atoms with Crippen molar-refractivity contribution in [2.24, 2.45) is 0 Å². The molecule has 0 bridgehead atoms. The highest BCUT2D eigenvalue weighted by Gasteiger charge is 2.37. The number of rotatable bonds is 4. The van der Waals surface area contributed by atoms with E-state index in [0.29, 0.717) is 0 Å². The molecule has 1 aliphatic rings. The lowest BCUT2D eigenvalue weighted by molar-refractivity contribution is -0.121. The van der Waals surface area contributed by atoms with E-state index in [1.807, 2.05) is 0 Å². The third-order valence-corrected chi connectivity index (χ3v) is 4.70. The lowest BCUT2D eigenvalue weighted by Gasteiger charge is -1.99. The minimum absolute atomic E-state index is 0.0384. The zero-order valence-electron chi connectivity index (χ0n) is 8.88. The van der Waals surface area contributed by atoms with Gasteiger partial charge in [0.1, 0.15) is 11.4 Å². The number of nitrogens with one attached hydrogen (secondary N) is 1. The van der Waals surface area contributed by atoms with Gasteiger partial charge in [-0.15, -0.1) is 0 Å². The Morgan fingerprint density at radius 2 is 2.31 bits per heavy atom. The van der Waals surface area contributed by atoms with Crippen molar-refractivity contribution in [3.05, 3.63) is 12.4 Å². The molecule has 88 valence electrons. The zero-order valence-corrected chi connectivity index (χ0v) is 9.70. The molecule has 7 heteroatoms. The van der Waals surface area contributed by atoms with Crippen molar-refractivity contribution in [1.29, 1.82) is 0 Å². The van der Waals surface area contributed by atoms with Crippen LogP contribution >= 0.6 is 0 Å². The van der Waals surface area contributed by atoms with Crippen LogP contribution in [0.5, 0.6) is 0 Å². The fourth-order valence-electron chi connectivity index (χ4n) is 1.37. The van der Waals surface area contributed by atoms with Crippen LogP contribution in [0, 0.1) is 0 Å². The van der Waals surface area contributed by atoms with E-state index in [1.54, 1.807) is 0 Å². The Bertz CT molecular complexity index is 502. The van der Waals surface area contributed by atoms with E-state index in [4.69, 9.17) is 0 Å². The van der Waals surface area contributed by atoms with E-state index in [-0.39, 0.29) is 22.6 Å². The number of aromatic nitrogens is 2. The minimum Gasteiger partial charge on any atom is -0.358 e. The first kappa shape index (κ1) is 11.1. The molecular weight excluding hydrogens is 230 g/mol. The summed E-state index contributed by atoms with van der Waals surface area (Å²) in [5, 5.41) is 6.06. The maximum absolute atomic E-state index is 11.8. The second-order valence-electron chi connectivity index (χ2n) is 3.79. The van der Waals surface area contributed by atoms with Crippen molar-refractivity contribution in [3.63, 3.8) is 0 Å². The molecule has 0 atom stereocenters. The van der Waals surface area contributed by atoms with E-state index in [1.165, 1.54) is 24.1 Å². The summed E-state index contributed by atoms with van der Waals surface area (Å²) < 4.78 is 24.9. The molecule has 1 aromatic heterocycles. The van der Waals surface area contributed by atoms with E-state index in [0.717, 1.165) is 12.8 Å². The van der Waals surface area contributed by atoms with Crippen LogP contribution in [0.4, 0.5) is 0 Å². The number of nitrogens with zero attached hydrogens (tertiary/aromatic N) is 2. The molecule has 1 heterocycles. The van der Waals surface area contributed by atoms with Crippen molar-refractivity contribution in [1.82, 2.24) is 15.1 Å². The largest absolute Gasteiger partial charge is 0.358 e. The smallest absolute Gasteiger partial charge is 0.241 e. The summed E-state index contributed by atoms with van der Waals surface area (Å²) in [4.78, 5) is 11.3. The van der Waals surface area contributed by atoms with E-state index >= 15 is 0 Å². The molecule has 0 unspecified atom stereocenters. The summed E-state index contributed by atoms with van der Waals surface area (Å²) in [6.07, 6.45) is 4.16. The van der Waals surface area contributed by atoms with Gasteiger partial charge in [-0.1, -0.05) is 0 Å². The van der Waals surface area contributed by atoms with Gasteiger partial charge in [0, 0.05) is 13.2 Å². The predicted molar refractivity (Wildman–Crippen MR) is 56.5 cm³/mol. The minimum atomic E-state index is -3.20. The van der Waals surface area contributed by atoms with Gasteiger partial charge in [-0.2, -0.15) is 5.10 Å². The Kier molecular flexibility index (Phi) is 2.71. The molecule has 6 nitrogen and oxygen atoms in total. The number of carbonyl (C=O) groups excluding carboxylic acids is 1. The lowest BCUT2D eigenvalue weighted by atomic mass is 10.6. The Morgan fingerprint density at radius 1 is 1.62 bits per heavy atom. The highest BCUT2D eigenvalue weighted by atomic mass is 32.2. The van der Waals surface area contributed by atoms with Gasteiger partial charge < -0.3 is 5.32 Å². The maximum Gasteiger partial charge on any atom is 0.241 e. The topological polar surface area (TPSA) is 81.1 Å². The summed E-state index contributed by atoms with van der Waals surface area (Å²) in [7, 11) is -1.68. The van der Waals surface area contributed by atoms with Crippen LogP contribution in [0.3, 0.4) is 0 Å². The Hall–Kier alpha value is -1.37. The van der Waals surface area contributed by atoms with Crippen molar-refractivity contribution >= 4 is 15.7 Å². The fraction of sp³-hybridized carbons (Fsp3) is 0.556. The van der Waals surface area contributed by atoms with Gasteiger partial charge in [0.2, 0.25) is 5.91 Å². The van der Waals surface area contributed by atoms with Crippen LogP contribution in [0.1, 0.15) is 12.8 Å². The summed E-state index contributed by atoms with van der Waals surface area (Å²) in [5.41, 5.74) is 0. The zero-order chi connectivity index (χ0) is 11.8. The Morgan fingerprint density at radius 3 is 2.88 bits per heavy atom. The van der Waals surface area contributed by atoms with Gasteiger partial charge >= 0.3 is 0 Å². The molecule has 0 saturated heterocycles. The molecule has 1 aromatic rings. The first-order valence-electron chi connectivity index (χ1n) is 5.01. The standard InChI is InChI=1S/C9H13N3O3S/c1-10-9(13)6-12-5-8(4-11-12)16(14,15)7-2-3-7/h4-5,7H,2-3,6H2,1H3,(H,10,13). The van der Waals surface area contributed by atoms with Gasteiger partial charge in [0.25, 0.3) is 0 Å². The van der Waals surface area contributed by atoms with Gasteiger partial charge in [0.05, 0.1) is 11.4 Å². The number of sulfone groups is 1. The van der Waals surface area contributed by atoms with Gasteiger partial charge in [0.15, 0.2) is 9.84 Å². The van der Waals surface area contributed by atoms with Gasteiger partial charge in [-0.3, -0.25) is 9.48 Å². The molecule has 0 aromatic carbocycles. The van der Waals surface area contributed by atoms with Crippen LogP contribution in [0.25, 0.3) is 0 Å². The predicted octanol–water partition coefficient (Wildman–Crippen LogP) is -0.435. The van der Waals surface area contributed by atoms with Crippen molar-refractivity contribution in [2.45, 2.75) is 29.5 Å². The SMILES string of the molecule is CNC(=O)Cn1cc(S(=O)(=O)C2CC2)cn1. The second-order valence-corrected chi connectivity index (χ2v) is 6.02. The molecule has 1 saturated carbocycles. The summed E-state index contributed by atoms with van der Waals surface area (Å²) in [5.74, 6) is -0.210. The van der Waals surface area contributed by atoms with Gasteiger partial charge in [-0.05, 0) is 12.8 Å². The average molecular weight is 243 g/mol. The van der Waals surface area contributed by atoms with Crippen LogP contribution in [0.15, 0.2) is 17.3 Å². The van der Waals surface area contributed by atoms with Crippen molar-refractivity contribution < 1.29 is 13.2 Å². The number of amides is 1. The monoisotopic (exact) mass is 243 g/mol. The molecule has 0 radical (unpaired) electrons. The first-order chi connectivity index (χ1) is 7.54. The molecule has 1 amide bonds. The molecule has 16 heavy (non-hydrogen) atoms. The molecule has 0 aliphatic heterocycles. The van der Waals surface area contributed by atoms with Crippen LogP contribution < -0.4 is 5.32 Å². The quantitative estimate of drug-likeness (QED) is 0.777. The molecule has 1 aliphatic carbocycles. The molecule has 1 fully saturated rings. The summed E-state index contributed by atoms with van der Waals surface area (Å²) in [6, 6.07) is 0. The second kappa shape index (κ2) is 3.89. The molecule has 0 spiro atoms. The number of carbonyl (C=O) groups is 1. The molecular formula is C9H13N3O3S. The van der Waals surface area contributed by atoms with Crippen LogP contribution in [0.2, 0.25) is 0 Å². The van der Waals surface area contributed by atoms with Crippen molar-refractivity contribution in [2.75, 3.05) is 7.05 Å². The highest BCUT2D eigenvalue weighted by Crippen LogP contribution is 2.33. The summed E-state index contributed by atoms with van der Waals surface area (Å²) in [6.45, 7) is 0.0384. The van der Waals surface area contributed by atoms with Crippen molar-refractivity contribution in [3.8, 4) is 0 Å². The molecule has 1 N–H and O–H groups in total. The third kappa shape index (κ3) is 2.08. The van der Waals surface area contributed by atoms with E-state index < -0.39 is 9.84 Å². The van der Waals surface area contributed by atoms with Crippen LogP contribution in [-0.2, 0) is 21.2 Å². The highest BCUT2D eigenvalue weighted by molar-refractivity contribution is 7.92. The number of hydrogen-bond donors (Lipinski definition) is 1.